The number of allylic oxidation sites excluding steroid dienone is 1. The van der Waals surface area contributed by atoms with Gasteiger partial charge in [0, 0.05) is 11.8 Å². The van der Waals surface area contributed by atoms with E-state index in [0.29, 0.717) is 6.42 Å². The second-order valence-electron chi connectivity index (χ2n) is 7.51. The van der Waals surface area contributed by atoms with Crippen molar-refractivity contribution in [3.63, 3.8) is 0 Å². The van der Waals surface area contributed by atoms with Crippen molar-refractivity contribution < 1.29 is 10.2 Å². The van der Waals surface area contributed by atoms with E-state index in [1.807, 2.05) is 24.3 Å². The van der Waals surface area contributed by atoms with Crippen molar-refractivity contribution in [2.24, 2.45) is 10.8 Å². The second kappa shape index (κ2) is 4.19. The quantitative estimate of drug-likeness (QED) is 0.771. The average molecular weight is 272 g/mol. The highest BCUT2D eigenvalue weighted by Gasteiger charge is 2.57. The Kier molecular flexibility index (Phi) is 2.90. The molecule has 0 fully saturated rings. The predicted molar refractivity (Wildman–Crippen MR) is 80.3 cm³/mol. The number of benzene rings is 1. The van der Waals surface area contributed by atoms with Crippen molar-refractivity contribution in [3.8, 4) is 0 Å². The first-order chi connectivity index (χ1) is 9.29. The van der Waals surface area contributed by atoms with E-state index >= 15 is 0 Å². The van der Waals surface area contributed by atoms with Crippen LogP contribution in [0.25, 0.3) is 0 Å². The van der Waals surface area contributed by atoms with Crippen LogP contribution in [0, 0.1) is 10.8 Å². The monoisotopic (exact) mass is 272 g/mol. The molecule has 1 aromatic rings. The van der Waals surface area contributed by atoms with Crippen LogP contribution in [-0.2, 0) is 12.0 Å². The molecule has 2 aliphatic carbocycles. The lowest BCUT2D eigenvalue weighted by atomic mass is 9.59. The number of hydrogen-bond donors (Lipinski definition) is 2. The Hall–Kier alpha value is -1.12. The lowest BCUT2D eigenvalue weighted by Gasteiger charge is -2.49. The van der Waals surface area contributed by atoms with E-state index in [1.165, 1.54) is 0 Å². The zero-order valence-electron chi connectivity index (χ0n) is 12.6. The summed E-state index contributed by atoms with van der Waals surface area (Å²) in [6.45, 7) is 6.53. The van der Waals surface area contributed by atoms with Crippen LogP contribution in [0.15, 0.2) is 36.4 Å². The van der Waals surface area contributed by atoms with Crippen molar-refractivity contribution >= 4 is 0 Å². The molecule has 108 valence electrons. The minimum absolute atomic E-state index is 0.149. The molecule has 0 spiro atoms. The number of rotatable bonds is 1. The van der Waals surface area contributed by atoms with Crippen LogP contribution in [0.2, 0.25) is 0 Å². The summed E-state index contributed by atoms with van der Waals surface area (Å²) in [5.74, 6) is 0. The van der Waals surface area contributed by atoms with E-state index < -0.39 is 17.1 Å². The van der Waals surface area contributed by atoms with Crippen molar-refractivity contribution in [1.29, 1.82) is 0 Å². The molecular weight excluding hydrogens is 248 g/mol. The van der Waals surface area contributed by atoms with E-state index in [-0.39, 0.29) is 5.41 Å². The highest BCUT2D eigenvalue weighted by molar-refractivity contribution is 5.43. The molecule has 2 heteroatoms. The van der Waals surface area contributed by atoms with Gasteiger partial charge in [-0.1, -0.05) is 57.2 Å². The molecule has 0 aliphatic heterocycles. The molecule has 0 saturated heterocycles. The molecule has 3 unspecified atom stereocenters. The molecular formula is C18H24O2. The maximum Gasteiger partial charge on any atom is 0.125 e. The van der Waals surface area contributed by atoms with Gasteiger partial charge in [-0.25, -0.2) is 0 Å². The smallest absolute Gasteiger partial charge is 0.125 e. The number of aliphatic hydroxyl groups is 2. The molecule has 1 aromatic carbocycles. The van der Waals surface area contributed by atoms with E-state index in [2.05, 4.69) is 32.9 Å². The van der Waals surface area contributed by atoms with Gasteiger partial charge in [-0.2, -0.15) is 0 Å². The molecule has 3 rings (SSSR count). The standard InChI is InChI=1S/C18H24O2/c1-16(2)9-6-10-17(3,12-16)18(20)14-8-5-4-7-13(14)11-15(18)19/h4-8,10,15,19-20H,9,11-12H2,1-3H3. The summed E-state index contributed by atoms with van der Waals surface area (Å²) in [7, 11) is 0. The predicted octanol–water partition coefficient (Wildman–Crippen LogP) is 3.17. The summed E-state index contributed by atoms with van der Waals surface area (Å²) < 4.78 is 0. The second-order valence-corrected chi connectivity index (χ2v) is 7.51. The van der Waals surface area contributed by atoms with Gasteiger partial charge in [0.25, 0.3) is 0 Å². The van der Waals surface area contributed by atoms with Crippen molar-refractivity contribution in [2.75, 3.05) is 0 Å². The topological polar surface area (TPSA) is 40.5 Å². The fourth-order valence-corrected chi connectivity index (χ4v) is 4.32. The Balaban J connectivity index is 2.13. The van der Waals surface area contributed by atoms with Gasteiger partial charge in [0.1, 0.15) is 5.60 Å². The van der Waals surface area contributed by atoms with Crippen LogP contribution in [0.5, 0.6) is 0 Å². The van der Waals surface area contributed by atoms with Crippen LogP contribution >= 0.6 is 0 Å². The Labute approximate surface area is 121 Å². The minimum atomic E-state index is -1.18. The molecule has 0 aromatic heterocycles. The Morgan fingerprint density at radius 1 is 1.15 bits per heavy atom. The normalized spacial score (nSPS) is 38.8. The molecule has 0 heterocycles. The van der Waals surface area contributed by atoms with Crippen molar-refractivity contribution in [2.45, 2.75) is 51.7 Å². The summed E-state index contributed by atoms with van der Waals surface area (Å²) in [4.78, 5) is 0. The summed E-state index contributed by atoms with van der Waals surface area (Å²) in [6.07, 6.45) is 5.98. The Morgan fingerprint density at radius 3 is 2.55 bits per heavy atom. The zero-order chi connectivity index (χ0) is 14.6. The fraction of sp³-hybridized carbons (Fsp3) is 0.556. The van der Waals surface area contributed by atoms with Gasteiger partial charge in [0.2, 0.25) is 0 Å². The highest BCUT2D eigenvalue weighted by Crippen LogP contribution is 2.56. The van der Waals surface area contributed by atoms with Gasteiger partial charge < -0.3 is 10.2 Å². The maximum atomic E-state index is 11.4. The SMILES string of the molecule is CC1(C)CC=CC(C)(C2(O)c3ccccc3CC2O)C1. The van der Waals surface area contributed by atoms with Gasteiger partial charge in [0.15, 0.2) is 0 Å². The molecule has 2 aliphatic rings. The maximum absolute atomic E-state index is 11.4. The van der Waals surface area contributed by atoms with Gasteiger partial charge in [-0.3, -0.25) is 0 Å². The van der Waals surface area contributed by atoms with Crippen LogP contribution in [-0.4, -0.2) is 16.3 Å². The van der Waals surface area contributed by atoms with Crippen LogP contribution < -0.4 is 0 Å². The highest BCUT2D eigenvalue weighted by atomic mass is 16.3. The van der Waals surface area contributed by atoms with Crippen molar-refractivity contribution in [1.82, 2.24) is 0 Å². The molecule has 20 heavy (non-hydrogen) atoms. The third-order valence-corrected chi connectivity index (χ3v) is 5.20. The van der Waals surface area contributed by atoms with Crippen LogP contribution in [0.3, 0.4) is 0 Å². The van der Waals surface area contributed by atoms with Gasteiger partial charge in [-0.15, -0.1) is 0 Å². The largest absolute Gasteiger partial charge is 0.389 e. The summed E-state index contributed by atoms with van der Waals surface area (Å²) in [5, 5.41) is 22.0. The molecule has 2 N–H and O–H groups in total. The summed E-state index contributed by atoms with van der Waals surface area (Å²) in [6, 6.07) is 7.90. The Morgan fingerprint density at radius 2 is 1.85 bits per heavy atom. The molecule has 0 radical (unpaired) electrons. The zero-order valence-corrected chi connectivity index (χ0v) is 12.6. The van der Waals surface area contributed by atoms with Crippen LogP contribution in [0.4, 0.5) is 0 Å². The lowest BCUT2D eigenvalue weighted by molar-refractivity contribution is -0.146. The van der Waals surface area contributed by atoms with Crippen LogP contribution in [0.1, 0.15) is 44.7 Å². The van der Waals surface area contributed by atoms with Gasteiger partial charge in [-0.05, 0) is 29.4 Å². The Bertz CT molecular complexity index is 560. The average Bonchev–Trinajstić information content (AvgIpc) is 2.62. The number of hydrogen-bond acceptors (Lipinski definition) is 2. The first kappa shape index (κ1) is 13.8. The first-order valence-electron chi connectivity index (χ1n) is 7.45. The minimum Gasteiger partial charge on any atom is -0.389 e. The first-order valence-corrected chi connectivity index (χ1v) is 7.45. The summed E-state index contributed by atoms with van der Waals surface area (Å²) >= 11 is 0. The number of aliphatic hydroxyl groups excluding tert-OH is 1. The molecule has 0 amide bonds. The van der Waals surface area contributed by atoms with Gasteiger partial charge >= 0.3 is 0 Å². The third kappa shape index (κ3) is 1.78. The van der Waals surface area contributed by atoms with E-state index in [4.69, 9.17) is 0 Å². The number of fused-ring (bicyclic) bond motifs is 1. The summed E-state index contributed by atoms with van der Waals surface area (Å²) in [5.41, 5.74) is 0.507. The molecule has 0 saturated carbocycles. The van der Waals surface area contributed by atoms with Gasteiger partial charge in [0.05, 0.1) is 6.10 Å². The van der Waals surface area contributed by atoms with E-state index in [1.54, 1.807) is 0 Å². The molecule has 2 nitrogen and oxygen atoms in total. The lowest BCUT2D eigenvalue weighted by Crippen LogP contribution is -2.51. The third-order valence-electron chi connectivity index (χ3n) is 5.20. The molecule has 3 atom stereocenters. The van der Waals surface area contributed by atoms with Crippen molar-refractivity contribution in [3.05, 3.63) is 47.5 Å². The fourth-order valence-electron chi connectivity index (χ4n) is 4.32. The van der Waals surface area contributed by atoms with E-state index in [0.717, 1.165) is 24.0 Å². The van der Waals surface area contributed by atoms with E-state index in [9.17, 15) is 10.2 Å². The molecule has 0 bridgehead atoms.